The molecule has 0 heterocycles. The van der Waals surface area contributed by atoms with Crippen LogP contribution < -0.4 is 10.6 Å². The average molecular weight is 284 g/mol. The lowest BCUT2D eigenvalue weighted by molar-refractivity contribution is -0.147. The highest BCUT2D eigenvalue weighted by Gasteiger charge is 2.33. The van der Waals surface area contributed by atoms with E-state index in [1.807, 2.05) is 6.92 Å². The minimum absolute atomic E-state index is 0.0618. The van der Waals surface area contributed by atoms with Crippen LogP contribution in [0.3, 0.4) is 0 Å². The average Bonchev–Trinajstić information content (AvgIpc) is 3.18. The fourth-order valence-corrected chi connectivity index (χ4v) is 2.04. The summed E-state index contributed by atoms with van der Waals surface area (Å²) in [6.45, 7) is 3.85. The SMILES string of the molecule is CCCC(C)(NC(=O)CCCNC(=O)C1CC1)C(=O)O. The van der Waals surface area contributed by atoms with E-state index in [2.05, 4.69) is 10.6 Å². The Bertz CT molecular complexity index is 379. The van der Waals surface area contributed by atoms with Gasteiger partial charge in [0.1, 0.15) is 5.54 Å². The third kappa shape index (κ3) is 5.19. The summed E-state index contributed by atoms with van der Waals surface area (Å²) in [6, 6.07) is 0. The Balaban J connectivity index is 2.23. The van der Waals surface area contributed by atoms with Crippen LogP contribution in [0.1, 0.15) is 52.4 Å². The molecule has 0 saturated heterocycles. The van der Waals surface area contributed by atoms with Crippen LogP contribution in [-0.2, 0) is 14.4 Å². The third-order valence-electron chi connectivity index (χ3n) is 3.47. The van der Waals surface area contributed by atoms with E-state index in [0.29, 0.717) is 25.8 Å². The predicted octanol–water partition coefficient (Wildman–Crippen LogP) is 1.05. The second-order valence-electron chi connectivity index (χ2n) is 5.60. The molecule has 0 bridgehead atoms. The normalized spacial score (nSPS) is 17.1. The van der Waals surface area contributed by atoms with Crippen molar-refractivity contribution in [3.05, 3.63) is 0 Å². The molecule has 1 rings (SSSR count). The Labute approximate surface area is 119 Å². The van der Waals surface area contributed by atoms with Crippen molar-refractivity contribution in [1.29, 1.82) is 0 Å². The fourth-order valence-electron chi connectivity index (χ4n) is 2.04. The van der Waals surface area contributed by atoms with Gasteiger partial charge in [-0.05, 0) is 32.6 Å². The van der Waals surface area contributed by atoms with E-state index in [1.165, 1.54) is 6.92 Å². The topological polar surface area (TPSA) is 95.5 Å². The van der Waals surface area contributed by atoms with Crippen molar-refractivity contribution in [2.24, 2.45) is 5.92 Å². The van der Waals surface area contributed by atoms with E-state index < -0.39 is 11.5 Å². The van der Waals surface area contributed by atoms with Gasteiger partial charge in [-0.15, -0.1) is 0 Å². The van der Waals surface area contributed by atoms with Crippen molar-refractivity contribution in [3.63, 3.8) is 0 Å². The summed E-state index contributed by atoms with van der Waals surface area (Å²) in [5, 5.41) is 14.5. The maximum absolute atomic E-state index is 11.7. The zero-order chi connectivity index (χ0) is 15.2. The number of carbonyl (C=O) groups is 3. The van der Waals surface area contributed by atoms with Crippen LogP contribution >= 0.6 is 0 Å². The molecule has 0 spiro atoms. The van der Waals surface area contributed by atoms with Gasteiger partial charge in [-0.3, -0.25) is 9.59 Å². The number of aliphatic carboxylic acids is 1. The summed E-state index contributed by atoms with van der Waals surface area (Å²) in [7, 11) is 0. The first-order valence-corrected chi connectivity index (χ1v) is 7.21. The Morgan fingerprint density at radius 1 is 1.30 bits per heavy atom. The van der Waals surface area contributed by atoms with Gasteiger partial charge >= 0.3 is 5.97 Å². The van der Waals surface area contributed by atoms with E-state index in [4.69, 9.17) is 5.11 Å². The molecule has 1 fully saturated rings. The minimum Gasteiger partial charge on any atom is -0.480 e. The van der Waals surface area contributed by atoms with Crippen molar-refractivity contribution < 1.29 is 19.5 Å². The summed E-state index contributed by atoms with van der Waals surface area (Å²) < 4.78 is 0. The molecule has 1 atom stereocenters. The molecule has 1 aliphatic carbocycles. The molecule has 2 amide bonds. The van der Waals surface area contributed by atoms with E-state index in [9.17, 15) is 14.4 Å². The smallest absolute Gasteiger partial charge is 0.329 e. The summed E-state index contributed by atoms with van der Waals surface area (Å²) in [5.41, 5.74) is -1.21. The van der Waals surface area contributed by atoms with E-state index in [-0.39, 0.29) is 24.2 Å². The zero-order valence-corrected chi connectivity index (χ0v) is 12.2. The number of amides is 2. The zero-order valence-electron chi connectivity index (χ0n) is 12.2. The third-order valence-corrected chi connectivity index (χ3v) is 3.47. The molecular formula is C14H24N2O4. The van der Waals surface area contributed by atoms with E-state index in [1.54, 1.807) is 0 Å². The molecule has 0 aromatic carbocycles. The summed E-state index contributed by atoms with van der Waals surface area (Å²) in [6.07, 6.45) is 3.73. The number of nitrogens with one attached hydrogen (secondary N) is 2. The highest BCUT2D eigenvalue weighted by molar-refractivity contribution is 5.86. The van der Waals surface area contributed by atoms with Gasteiger partial charge in [0.25, 0.3) is 0 Å². The predicted molar refractivity (Wildman–Crippen MR) is 74.1 cm³/mol. The second kappa shape index (κ2) is 7.26. The Hall–Kier alpha value is -1.59. The van der Waals surface area contributed by atoms with Crippen LogP contribution in [0, 0.1) is 5.92 Å². The van der Waals surface area contributed by atoms with Crippen molar-refractivity contribution in [1.82, 2.24) is 10.6 Å². The van der Waals surface area contributed by atoms with Crippen molar-refractivity contribution in [2.75, 3.05) is 6.54 Å². The van der Waals surface area contributed by atoms with E-state index >= 15 is 0 Å². The van der Waals surface area contributed by atoms with Crippen LogP contribution in [0.4, 0.5) is 0 Å². The largest absolute Gasteiger partial charge is 0.480 e. The van der Waals surface area contributed by atoms with Gasteiger partial charge < -0.3 is 15.7 Å². The van der Waals surface area contributed by atoms with Crippen LogP contribution in [0.5, 0.6) is 0 Å². The molecule has 0 aromatic heterocycles. The van der Waals surface area contributed by atoms with E-state index in [0.717, 1.165) is 12.8 Å². The van der Waals surface area contributed by atoms with Crippen molar-refractivity contribution in [3.8, 4) is 0 Å². The molecule has 1 unspecified atom stereocenters. The van der Waals surface area contributed by atoms with Gasteiger partial charge in [-0.25, -0.2) is 4.79 Å². The van der Waals surface area contributed by atoms with Gasteiger partial charge in [-0.1, -0.05) is 13.3 Å². The Kier molecular flexibility index (Phi) is 5.98. The molecule has 0 aliphatic heterocycles. The van der Waals surface area contributed by atoms with Gasteiger partial charge in [0.15, 0.2) is 0 Å². The lowest BCUT2D eigenvalue weighted by Crippen LogP contribution is -2.52. The first kappa shape index (κ1) is 16.5. The lowest BCUT2D eigenvalue weighted by Gasteiger charge is -2.25. The summed E-state index contributed by atoms with van der Waals surface area (Å²) in [5.74, 6) is -1.07. The molecule has 20 heavy (non-hydrogen) atoms. The molecule has 0 radical (unpaired) electrons. The van der Waals surface area contributed by atoms with Gasteiger partial charge in [0.2, 0.25) is 11.8 Å². The van der Waals surface area contributed by atoms with Crippen LogP contribution in [0.2, 0.25) is 0 Å². The highest BCUT2D eigenvalue weighted by atomic mass is 16.4. The van der Waals surface area contributed by atoms with Gasteiger partial charge in [-0.2, -0.15) is 0 Å². The highest BCUT2D eigenvalue weighted by Crippen LogP contribution is 2.28. The van der Waals surface area contributed by atoms with Crippen LogP contribution in [0.15, 0.2) is 0 Å². The molecule has 6 heteroatoms. The number of rotatable bonds is 9. The Morgan fingerprint density at radius 3 is 2.45 bits per heavy atom. The van der Waals surface area contributed by atoms with Crippen molar-refractivity contribution in [2.45, 2.75) is 57.9 Å². The number of carbonyl (C=O) groups excluding carboxylic acids is 2. The van der Waals surface area contributed by atoms with Crippen LogP contribution in [0.25, 0.3) is 0 Å². The van der Waals surface area contributed by atoms with Crippen LogP contribution in [-0.4, -0.2) is 35.0 Å². The number of carboxylic acid groups (broad SMARTS) is 1. The van der Waals surface area contributed by atoms with Gasteiger partial charge in [0, 0.05) is 18.9 Å². The van der Waals surface area contributed by atoms with Crippen molar-refractivity contribution >= 4 is 17.8 Å². The first-order valence-electron chi connectivity index (χ1n) is 7.21. The molecule has 1 aliphatic rings. The standard InChI is InChI=1S/C14H24N2O4/c1-3-8-14(2,13(19)20)16-11(17)5-4-9-15-12(18)10-6-7-10/h10H,3-9H2,1-2H3,(H,15,18)(H,16,17)(H,19,20). The monoisotopic (exact) mass is 284 g/mol. The molecule has 0 aromatic rings. The minimum atomic E-state index is -1.21. The fraction of sp³-hybridized carbons (Fsp3) is 0.786. The first-order chi connectivity index (χ1) is 9.39. The molecule has 3 N–H and O–H groups in total. The lowest BCUT2D eigenvalue weighted by atomic mass is 9.96. The molecule has 114 valence electrons. The number of carboxylic acids is 1. The van der Waals surface area contributed by atoms with Gasteiger partial charge in [0.05, 0.1) is 0 Å². The summed E-state index contributed by atoms with van der Waals surface area (Å²) >= 11 is 0. The molecular weight excluding hydrogens is 260 g/mol. The number of hydrogen-bond donors (Lipinski definition) is 3. The molecule has 6 nitrogen and oxygen atoms in total. The second-order valence-corrected chi connectivity index (χ2v) is 5.60. The quantitative estimate of drug-likeness (QED) is 0.551. The molecule has 1 saturated carbocycles. The summed E-state index contributed by atoms with van der Waals surface area (Å²) in [4.78, 5) is 34.3. The maximum atomic E-state index is 11.7. The maximum Gasteiger partial charge on any atom is 0.329 e. The Morgan fingerprint density at radius 2 is 1.95 bits per heavy atom. The number of hydrogen-bond acceptors (Lipinski definition) is 3.